The normalized spacial score (nSPS) is 16.0. The first-order valence-corrected chi connectivity index (χ1v) is 11.9. The van der Waals surface area contributed by atoms with Gasteiger partial charge >= 0.3 is 0 Å². The van der Waals surface area contributed by atoms with E-state index in [0.717, 1.165) is 32.1 Å². The first kappa shape index (κ1) is 22.3. The maximum Gasteiger partial charge on any atom is 0.261 e. The number of carbonyl (C=O) groups excluding carboxylic acids is 3. The molecule has 0 radical (unpaired) electrons. The molecule has 0 unspecified atom stereocenters. The maximum absolute atomic E-state index is 12.4. The Bertz CT molecular complexity index is 979. The molecular formula is C27H32N2O3. The number of rotatable bonds is 9. The molecule has 2 aromatic carbocycles. The molecule has 0 spiro atoms. The van der Waals surface area contributed by atoms with Gasteiger partial charge in [-0.2, -0.15) is 0 Å². The van der Waals surface area contributed by atoms with E-state index in [-0.39, 0.29) is 23.8 Å². The van der Waals surface area contributed by atoms with Crippen molar-refractivity contribution in [2.24, 2.45) is 0 Å². The Labute approximate surface area is 190 Å². The summed E-state index contributed by atoms with van der Waals surface area (Å²) in [6, 6.07) is 13.6. The zero-order valence-electron chi connectivity index (χ0n) is 18.9. The Kier molecular flexibility index (Phi) is 7.03. The van der Waals surface area contributed by atoms with Gasteiger partial charge in [0.15, 0.2) is 0 Å². The van der Waals surface area contributed by atoms with Crippen LogP contribution in [0.5, 0.6) is 0 Å². The van der Waals surface area contributed by atoms with Gasteiger partial charge in [-0.05, 0) is 74.3 Å². The molecule has 0 saturated carbocycles. The highest BCUT2D eigenvalue weighted by atomic mass is 16.2. The van der Waals surface area contributed by atoms with Crippen LogP contribution in [0.25, 0.3) is 0 Å². The van der Waals surface area contributed by atoms with Gasteiger partial charge in [-0.15, -0.1) is 0 Å². The van der Waals surface area contributed by atoms with E-state index >= 15 is 0 Å². The average molecular weight is 433 g/mol. The molecule has 0 aromatic heterocycles. The molecule has 5 heteroatoms. The summed E-state index contributed by atoms with van der Waals surface area (Å²) in [4.78, 5) is 38.4. The van der Waals surface area contributed by atoms with Gasteiger partial charge in [0.25, 0.3) is 11.8 Å². The van der Waals surface area contributed by atoms with Crippen molar-refractivity contribution in [3.05, 3.63) is 70.3 Å². The van der Waals surface area contributed by atoms with Crippen LogP contribution >= 0.6 is 0 Å². The summed E-state index contributed by atoms with van der Waals surface area (Å²) < 4.78 is 0. The molecule has 0 saturated heterocycles. The number of aryl methyl sites for hydroxylation is 2. The van der Waals surface area contributed by atoms with E-state index in [1.807, 2.05) is 6.92 Å². The molecular weight excluding hydrogens is 400 g/mol. The van der Waals surface area contributed by atoms with Crippen LogP contribution < -0.4 is 5.32 Å². The van der Waals surface area contributed by atoms with Gasteiger partial charge in [-0.1, -0.05) is 43.2 Å². The summed E-state index contributed by atoms with van der Waals surface area (Å²) >= 11 is 0. The summed E-state index contributed by atoms with van der Waals surface area (Å²) in [7, 11) is 0. The van der Waals surface area contributed by atoms with Crippen LogP contribution in [0.1, 0.15) is 95.3 Å². The number of hydrogen-bond donors (Lipinski definition) is 1. The highest BCUT2D eigenvalue weighted by molar-refractivity contribution is 6.21. The molecule has 0 bridgehead atoms. The molecule has 3 amide bonds. The van der Waals surface area contributed by atoms with Gasteiger partial charge in [0, 0.05) is 13.0 Å². The van der Waals surface area contributed by atoms with Crippen molar-refractivity contribution >= 4 is 17.7 Å². The highest BCUT2D eigenvalue weighted by Crippen LogP contribution is 2.25. The first-order valence-electron chi connectivity index (χ1n) is 11.9. The molecule has 0 fully saturated rings. The predicted molar refractivity (Wildman–Crippen MR) is 125 cm³/mol. The van der Waals surface area contributed by atoms with Gasteiger partial charge in [0.2, 0.25) is 5.91 Å². The molecule has 1 N–H and O–H groups in total. The van der Waals surface area contributed by atoms with E-state index in [4.69, 9.17) is 0 Å². The minimum absolute atomic E-state index is 0.0172. The number of fused-ring (bicyclic) bond motifs is 2. The third-order valence-electron chi connectivity index (χ3n) is 6.66. The standard InChI is InChI=1S/C27H32N2O3/c1-19(21-16-15-20-10-5-6-11-22(20)18-21)28-25(30)14-4-2-3-9-17-29-26(31)23-12-7-8-13-24(23)27(29)32/h7-8,12-13,15-16,18-19H,2-6,9-11,14,17H2,1H3,(H,28,30)/t19-/m0/s1. The molecule has 2 aromatic rings. The number of amides is 3. The number of carbonyl (C=O) groups is 3. The minimum Gasteiger partial charge on any atom is -0.350 e. The molecule has 4 rings (SSSR count). The van der Waals surface area contributed by atoms with Gasteiger partial charge in [0.1, 0.15) is 0 Å². The monoisotopic (exact) mass is 432 g/mol. The Balaban J connectivity index is 1.14. The lowest BCUT2D eigenvalue weighted by molar-refractivity contribution is -0.121. The Morgan fingerprint density at radius 1 is 0.906 bits per heavy atom. The summed E-state index contributed by atoms with van der Waals surface area (Å²) in [5.74, 6) is -0.308. The molecule has 32 heavy (non-hydrogen) atoms. The Morgan fingerprint density at radius 2 is 1.56 bits per heavy atom. The number of nitrogens with one attached hydrogen (secondary N) is 1. The minimum atomic E-state index is -0.193. The van der Waals surface area contributed by atoms with Gasteiger partial charge in [-0.3, -0.25) is 19.3 Å². The zero-order valence-corrected chi connectivity index (χ0v) is 18.9. The van der Waals surface area contributed by atoms with Crippen LogP contribution in [-0.4, -0.2) is 29.2 Å². The fourth-order valence-electron chi connectivity index (χ4n) is 4.77. The van der Waals surface area contributed by atoms with Crippen molar-refractivity contribution in [2.45, 2.75) is 70.8 Å². The van der Waals surface area contributed by atoms with E-state index in [9.17, 15) is 14.4 Å². The lowest BCUT2D eigenvalue weighted by Gasteiger charge is -2.20. The van der Waals surface area contributed by atoms with Gasteiger partial charge in [-0.25, -0.2) is 0 Å². The van der Waals surface area contributed by atoms with Crippen molar-refractivity contribution in [1.82, 2.24) is 10.2 Å². The van der Waals surface area contributed by atoms with E-state index in [0.29, 0.717) is 24.1 Å². The molecule has 1 aliphatic heterocycles. The van der Waals surface area contributed by atoms with Crippen molar-refractivity contribution in [3.63, 3.8) is 0 Å². The molecule has 1 heterocycles. The smallest absolute Gasteiger partial charge is 0.261 e. The van der Waals surface area contributed by atoms with Crippen molar-refractivity contribution in [3.8, 4) is 0 Å². The van der Waals surface area contributed by atoms with E-state index in [2.05, 4.69) is 23.5 Å². The molecule has 1 aliphatic carbocycles. The summed E-state index contributed by atoms with van der Waals surface area (Å²) in [6.45, 7) is 2.48. The average Bonchev–Trinajstić information content (AvgIpc) is 3.05. The largest absolute Gasteiger partial charge is 0.350 e. The maximum atomic E-state index is 12.4. The van der Waals surface area contributed by atoms with Crippen LogP contribution in [0, 0.1) is 0 Å². The first-order chi connectivity index (χ1) is 15.5. The number of nitrogens with zero attached hydrogens (tertiary/aromatic N) is 1. The number of benzene rings is 2. The van der Waals surface area contributed by atoms with Crippen LogP contribution in [-0.2, 0) is 17.6 Å². The van der Waals surface area contributed by atoms with Crippen LogP contribution in [0.4, 0.5) is 0 Å². The van der Waals surface area contributed by atoms with E-state index in [1.54, 1.807) is 24.3 Å². The highest BCUT2D eigenvalue weighted by Gasteiger charge is 2.34. The van der Waals surface area contributed by atoms with Gasteiger partial charge in [0.05, 0.1) is 17.2 Å². The van der Waals surface area contributed by atoms with E-state index in [1.165, 1.54) is 40.9 Å². The van der Waals surface area contributed by atoms with Gasteiger partial charge < -0.3 is 5.32 Å². The second kappa shape index (κ2) is 10.1. The second-order valence-corrected chi connectivity index (χ2v) is 9.00. The van der Waals surface area contributed by atoms with Crippen molar-refractivity contribution < 1.29 is 14.4 Å². The molecule has 5 nitrogen and oxygen atoms in total. The van der Waals surface area contributed by atoms with Crippen molar-refractivity contribution in [1.29, 1.82) is 0 Å². The fraction of sp³-hybridized carbons (Fsp3) is 0.444. The second-order valence-electron chi connectivity index (χ2n) is 9.00. The summed E-state index contributed by atoms with van der Waals surface area (Å²) in [6.07, 6.45) is 8.71. The third-order valence-corrected chi connectivity index (χ3v) is 6.66. The number of hydrogen-bond acceptors (Lipinski definition) is 3. The lowest BCUT2D eigenvalue weighted by atomic mass is 9.89. The Morgan fingerprint density at radius 3 is 2.28 bits per heavy atom. The summed E-state index contributed by atoms with van der Waals surface area (Å²) in [5, 5.41) is 3.12. The molecule has 168 valence electrons. The topological polar surface area (TPSA) is 66.5 Å². The van der Waals surface area contributed by atoms with Crippen LogP contribution in [0.2, 0.25) is 0 Å². The molecule has 2 aliphatic rings. The van der Waals surface area contributed by atoms with E-state index < -0.39 is 0 Å². The fourth-order valence-corrected chi connectivity index (χ4v) is 4.77. The SMILES string of the molecule is C[C@H](NC(=O)CCCCCCN1C(=O)c2ccccc2C1=O)c1ccc2c(c1)CCCC2. The van der Waals surface area contributed by atoms with Crippen LogP contribution in [0.15, 0.2) is 42.5 Å². The van der Waals surface area contributed by atoms with Crippen molar-refractivity contribution in [2.75, 3.05) is 6.54 Å². The Hall–Kier alpha value is -2.95. The molecule has 1 atom stereocenters. The summed E-state index contributed by atoms with van der Waals surface area (Å²) in [5.41, 5.74) is 5.08. The lowest BCUT2D eigenvalue weighted by Crippen LogP contribution is -2.30. The number of imide groups is 1. The predicted octanol–water partition coefficient (Wildman–Crippen LogP) is 4.99. The zero-order chi connectivity index (χ0) is 22.5. The quantitative estimate of drug-likeness (QED) is 0.448. The third kappa shape index (κ3) is 4.93. The number of unbranched alkanes of at least 4 members (excludes halogenated alkanes) is 3. The van der Waals surface area contributed by atoms with Crippen LogP contribution in [0.3, 0.4) is 0 Å².